The lowest BCUT2D eigenvalue weighted by Crippen LogP contribution is -2.28. The number of aliphatic hydroxyl groups is 1. The van der Waals surface area contributed by atoms with Crippen molar-refractivity contribution < 1.29 is 19.1 Å². The van der Waals surface area contributed by atoms with Gasteiger partial charge in [0.15, 0.2) is 5.76 Å². The fraction of sp³-hybridized carbons (Fsp3) is 0.455. The maximum Gasteiger partial charge on any atom is 0.286 e. The van der Waals surface area contributed by atoms with Crippen molar-refractivity contribution in [2.45, 2.75) is 12.8 Å². The minimum absolute atomic E-state index is 0.0685. The Balaban J connectivity index is 2.08. The zero-order valence-electron chi connectivity index (χ0n) is 9.44. The van der Waals surface area contributed by atoms with E-state index in [2.05, 4.69) is 10.6 Å². The number of nitrogens with one attached hydrogen (secondary N) is 2. The molecule has 0 aliphatic heterocycles. The molecule has 6 nitrogen and oxygen atoms in total. The van der Waals surface area contributed by atoms with Gasteiger partial charge in [-0.2, -0.15) is 0 Å². The van der Waals surface area contributed by atoms with Gasteiger partial charge < -0.3 is 20.2 Å². The van der Waals surface area contributed by atoms with Crippen LogP contribution in [0.1, 0.15) is 23.4 Å². The van der Waals surface area contributed by atoms with Gasteiger partial charge in [0.05, 0.1) is 12.9 Å². The van der Waals surface area contributed by atoms with Gasteiger partial charge in [-0.25, -0.2) is 0 Å². The summed E-state index contributed by atoms with van der Waals surface area (Å²) in [5.41, 5.74) is 0. The van der Waals surface area contributed by atoms with Crippen LogP contribution in [0.4, 0.5) is 0 Å². The van der Waals surface area contributed by atoms with E-state index in [0.717, 1.165) is 0 Å². The number of furan rings is 1. The molecule has 3 N–H and O–H groups in total. The van der Waals surface area contributed by atoms with Crippen molar-refractivity contribution in [3.8, 4) is 0 Å². The molecule has 0 atom stereocenters. The van der Waals surface area contributed by atoms with E-state index >= 15 is 0 Å². The molecular weight excluding hydrogens is 224 g/mol. The lowest BCUT2D eigenvalue weighted by Gasteiger charge is -2.04. The molecule has 0 aliphatic rings. The average Bonchev–Trinajstić information content (AvgIpc) is 2.85. The third kappa shape index (κ3) is 5.17. The predicted molar refractivity (Wildman–Crippen MR) is 60.4 cm³/mol. The van der Waals surface area contributed by atoms with Crippen molar-refractivity contribution in [2.24, 2.45) is 0 Å². The van der Waals surface area contributed by atoms with Crippen molar-refractivity contribution in [2.75, 3.05) is 19.7 Å². The number of carbonyl (C=O) groups excluding carboxylic acids is 2. The largest absolute Gasteiger partial charge is 0.459 e. The van der Waals surface area contributed by atoms with E-state index < -0.39 is 0 Å². The zero-order chi connectivity index (χ0) is 12.5. The maximum absolute atomic E-state index is 11.4. The van der Waals surface area contributed by atoms with Crippen LogP contribution in [0.25, 0.3) is 0 Å². The molecule has 1 aromatic heterocycles. The molecule has 0 unspecified atom stereocenters. The van der Waals surface area contributed by atoms with E-state index in [0.29, 0.717) is 19.4 Å². The van der Waals surface area contributed by atoms with Gasteiger partial charge in [0.25, 0.3) is 5.91 Å². The smallest absolute Gasteiger partial charge is 0.286 e. The Morgan fingerprint density at radius 3 is 2.76 bits per heavy atom. The monoisotopic (exact) mass is 240 g/mol. The summed E-state index contributed by atoms with van der Waals surface area (Å²) in [4.78, 5) is 22.5. The second kappa shape index (κ2) is 7.45. The van der Waals surface area contributed by atoms with Crippen molar-refractivity contribution in [1.29, 1.82) is 0 Å². The van der Waals surface area contributed by atoms with Crippen molar-refractivity contribution in [3.05, 3.63) is 24.2 Å². The Bertz CT molecular complexity index is 348. The molecule has 1 heterocycles. The lowest BCUT2D eigenvalue weighted by molar-refractivity contribution is -0.121. The molecule has 1 rings (SSSR count). The SMILES string of the molecule is O=C(CCCNC(=O)c1ccco1)NCCO. The molecule has 94 valence electrons. The molecule has 0 radical (unpaired) electrons. The first-order chi connectivity index (χ1) is 8.24. The Morgan fingerprint density at radius 1 is 1.29 bits per heavy atom. The van der Waals surface area contributed by atoms with Gasteiger partial charge >= 0.3 is 0 Å². The quantitative estimate of drug-likeness (QED) is 0.580. The van der Waals surface area contributed by atoms with Crippen LogP contribution in [0.15, 0.2) is 22.8 Å². The second-order valence-corrected chi connectivity index (χ2v) is 3.41. The van der Waals surface area contributed by atoms with Crippen LogP contribution in [-0.4, -0.2) is 36.6 Å². The number of hydrogen-bond acceptors (Lipinski definition) is 4. The van der Waals surface area contributed by atoms with Crippen LogP contribution in [-0.2, 0) is 4.79 Å². The molecular formula is C11H16N2O4. The number of rotatable bonds is 7. The van der Waals surface area contributed by atoms with E-state index in [4.69, 9.17) is 9.52 Å². The van der Waals surface area contributed by atoms with Crippen molar-refractivity contribution in [1.82, 2.24) is 10.6 Å². The third-order valence-electron chi connectivity index (χ3n) is 2.05. The van der Waals surface area contributed by atoms with E-state index in [1.807, 2.05) is 0 Å². The highest BCUT2D eigenvalue weighted by Gasteiger charge is 2.07. The molecule has 0 fully saturated rings. The first-order valence-corrected chi connectivity index (χ1v) is 5.43. The fourth-order valence-electron chi connectivity index (χ4n) is 1.23. The maximum atomic E-state index is 11.4. The van der Waals surface area contributed by atoms with Crippen LogP contribution >= 0.6 is 0 Å². The Labute approximate surface area is 99.0 Å². The molecule has 0 aliphatic carbocycles. The van der Waals surface area contributed by atoms with E-state index in [-0.39, 0.29) is 30.7 Å². The molecule has 2 amide bonds. The van der Waals surface area contributed by atoms with Gasteiger partial charge in [0.1, 0.15) is 0 Å². The van der Waals surface area contributed by atoms with Gasteiger partial charge in [0.2, 0.25) is 5.91 Å². The minimum Gasteiger partial charge on any atom is -0.459 e. The fourth-order valence-corrected chi connectivity index (χ4v) is 1.23. The molecule has 0 aromatic carbocycles. The summed E-state index contributed by atoms with van der Waals surface area (Å²) in [6.45, 7) is 0.602. The van der Waals surface area contributed by atoms with Gasteiger partial charge in [-0.1, -0.05) is 0 Å². The average molecular weight is 240 g/mol. The first kappa shape index (κ1) is 13.2. The van der Waals surface area contributed by atoms with Gasteiger partial charge in [-0.3, -0.25) is 9.59 Å². The van der Waals surface area contributed by atoms with Gasteiger partial charge in [0, 0.05) is 19.5 Å². The highest BCUT2D eigenvalue weighted by molar-refractivity contribution is 5.91. The van der Waals surface area contributed by atoms with Crippen molar-refractivity contribution in [3.63, 3.8) is 0 Å². The zero-order valence-corrected chi connectivity index (χ0v) is 9.44. The number of aliphatic hydroxyl groups excluding tert-OH is 1. The predicted octanol–water partition coefficient (Wildman–Crippen LogP) is -0.102. The molecule has 17 heavy (non-hydrogen) atoms. The summed E-state index contributed by atoms with van der Waals surface area (Å²) >= 11 is 0. The van der Waals surface area contributed by atoms with Gasteiger partial charge in [-0.05, 0) is 18.6 Å². The topological polar surface area (TPSA) is 91.6 Å². The van der Waals surface area contributed by atoms with E-state index in [9.17, 15) is 9.59 Å². The molecule has 0 bridgehead atoms. The summed E-state index contributed by atoms with van der Waals surface area (Å²) in [5, 5.41) is 13.6. The Kier molecular flexibility index (Phi) is 5.81. The summed E-state index contributed by atoms with van der Waals surface area (Å²) in [6.07, 6.45) is 2.29. The van der Waals surface area contributed by atoms with Gasteiger partial charge in [-0.15, -0.1) is 0 Å². The standard InChI is InChI=1S/C11H16N2O4/c14-7-6-12-10(15)4-1-5-13-11(16)9-3-2-8-17-9/h2-3,8,14H,1,4-7H2,(H,12,15)(H,13,16). The van der Waals surface area contributed by atoms with Crippen LogP contribution in [0.2, 0.25) is 0 Å². The molecule has 6 heteroatoms. The highest BCUT2D eigenvalue weighted by atomic mass is 16.3. The van der Waals surface area contributed by atoms with E-state index in [1.54, 1.807) is 12.1 Å². The minimum atomic E-state index is -0.286. The number of hydrogen-bond donors (Lipinski definition) is 3. The Hall–Kier alpha value is -1.82. The van der Waals surface area contributed by atoms with Crippen LogP contribution in [0.5, 0.6) is 0 Å². The molecule has 1 aromatic rings. The van der Waals surface area contributed by atoms with Crippen LogP contribution in [0.3, 0.4) is 0 Å². The molecule has 0 saturated heterocycles. The Morgan fingerprint density at radius 2 is 2.12 bits per heavy atom. The number of carbonyl (C=O) groups is 2. The second-order valence-electron chi connectivity index (χ2n) is 3.41. The number of amides is 2. The normalized spacial score (nSPS) is 9.94. The third-order valence-corrected chi connectivity index (χ3v) is 2.05. The van der Waals surface area contributed by atoms with Crippen LogP contribution < -0.4 is 10.6 Å². The van der Waals surface area contributed by atoms with E-state index in [1.165, 1.54) is 6.26 Å². The van der Waals surface area contributed by atoms with Crippen molar-refractivity contribution >= 4 is 11.8 Å². The summed E-state index contributed by atoms with van der Waals surface area (Å²) < 4.78 is 4.91. The summed E-state index contributed by atoms with van der Waals surface area (Å²) in [5.74, 6) is -0.160. The lowest BCUT2D eigenvalue weighted by atomic mass is 10.3. The highest BCUT2D eigenvalue weighted by Crippen LogP contribution is 1.99. The first-order valence-electron chi connectivity index (χ1n) is 5.43. The molecule has 0 saturated carbocycles. The molecule has 0 spiro atoms. The summed E-state index contributed by atoms with van der Waals surface area (Å²) in [6, 6.07) is 3.21. The summed E-state index contributed by atoms with van der Waals surface area (Å²) in [7, 11) is 0. The van der Waals surface area contributed by atoms with Crippen LogP contribution in [0, 0.1) is 0 Å².